The lowest BCUT2D eigenvalue weighted by Gasteiger charge is -2.23. The fourth-order valence-corrected chi connectivity index (χ4v) is 7.54. The van der Waals surface area contributed by atoms with Crippen molar-refractivity contribution >= 4 is 28.5 Å². The van der Waals surface area contributed by atoms with Crippen LogP contribution in [-0.4, -0.2) is 60.9 Å². The van der Waals surface area contributed by atoms with Crippen LogP contribution in [0.25, 0.3) is 28.1 Å². The third-order valence-electron chi connectivity index (χ3n) is 10.5. The number of rotatable bonds is 8. The molecule has 0 unspecified atom stereocenters. The van der Waals surface area contributed by atoms with Crippen molar-refractivity contribution in [1.82, 2.24) is 29.2 Å². The zero-order valence-corrected chi connectivity index (χ0v) is 25.9. The molecule has 0 aromatic carbocycles. The first-order valence-electron chi connectivity index (χ1n) is 16.1. The number of aromatic nitrogens is 4. The average molecular weight is 607 g/mol. The van der Waals surface area contributed by atoms with Gasteiger partial charge in [0.1, 0.15) is 22.4 Å². The number of imidazole rings is 1. The lowest BCUT2D eigenvalue weighted by molar-refractivity contribution is -0.125. The van der Waals surface area contributed by atoms with Gasteiger partial charge >= 0.3 is 0 Å². The molecule has 8 rings (SSSR count). The van der Waals surface area contributed by atoms with Crippen LogP contribution < -0.4 is 15.8 Å². The van der Waals surface area contributed by atoms with E-state index in [9.17, 15) is 14.9 Å². The molecular weight excluding hydrogens is 568 g/mol. The molecule has 2 aliphatic heterocycles. The fraction of sp³-hybridized carbons (Fsp3) is 0.500. The van der Waals surface area contributed by atoms with Crippen LogP contribution in [0.4, 0.5) is 0 Å². The molecule has 4 aromatic rings. The van der Waals surface area contributed by atoms with Crippen LogP contribution in [0.2, 0.25) is 0 Å². The average Bonchev–Trinajstić information content (AvgIpc) is 3.90. The molecule has 0 spiro atoms. The summed E-state index contributed by atoms with van der Waals surface area (Å²) in [6.45, 7) is 4.75. The van der Waals surface area contributed by atoms with Gasteiger partial charge in [0, 0.05) is 41.7 Å². The molecule has 0 radical (unpaired) electrons. The number of nitrogens with two attached hydrogens (primary N) is 1. The summed E-state index contributed by atoms with van der Waals surface area (Å²) in [5, 5.41) is 13.5. The number of nitrogens with one attached hydrogen (secondary N) is 1. The Morgan fingerprint density at radius 1 is 1.18 bits per heavy atom. The number of hydrogen-bond acceptors (Lipinski definition) is 7. The molecule has 3 N–H and O–H groups in total. The van der Waals surface area contributed by atoms with Crippen molar-refractivity contribution in [2.75, 3.05) is 7.11 Å². The predicted octanol–water partition coefficient (Wildman–Crippen LogP) is 4.26. The topological polar surface area (TPSA) is 144 Å². The minimum Gasteiger partial charge on any atom is -0.482 e. The van der Waals surface area contributed by atoms with Gasteiger partial charge in [-0.3, -0.25) is 14.0 Å². The molecule has 2 bridgehead atoms. The van der Waals surface area contributed by atoms with E-state index in [1.807, 2.05) is 47.4 Å². The molecule has 45 heavy (non-hydrogen) atoms. The van der Waals surface area contributed by atoms with Gasteiger partial charge in [-0.2, -0.15) is 5.26 Å². The highest BCUT2D eigenvalue weighted by Gasteiger charge is 2.51. The smallest absolute Gasteiger partial charge is 0.254 e. The number of nitriles is 1. The maximum absolute atomic E-state index is 13.8. The van der Waals surface area contributed by atoms with Crippen molar-refractivity contribution in [2.45, 2.75) is 89.5 Å². The minimum absolute atomic E-state index is 0.0124. The maximum atomic E-state index is 13.8. The summed E-state index contributed by atoms with van der Waals surface area (Å²) in [5.74, 6) is 0.900. The number of aryl methyl sites for hydroxylation is 1. The number of fused-ring (bicyclic) bond motifs is 4. The van der Waals surface area contributed by atoms with E-state index in [2.05, 4.69) is 22.0 Å². The molecule has 2 saturated carbocycles. The second kappa shape index (κ2) is 10.0. The first-order valence-corrected chi connectivity index (χ1v) is 16.1. The Labute approximate surface area is 261 Å². The van der Waals surface area contributed by atoms with Gasteiger partial charge in [-0.25, -0.2) is 9.97 Å². The number of carbonyl (C=O) groups excluding carboxylic acids is 2. The minimum atomic E-state index is -0.884. The molecule has 4 aromatic heterocycles. The summed E-state index contributed by atoms with van der Waals surface area (Å²) < 4.78 is 10.0. The van der Waals surface area contributed by atoms with Gasteiger partial charge in [0.05, 0.1) is 36.3 Å². The lowest BCUT2D eigenvalue weighted by atomic mass is 9.97. The Kier molecular flexibility index (Phi) is 6.26. The molecule has 2 aliphatic carbocycles. The van der Waals surface area contributed by atoms with E-state index in [0.29, 0.717) is 35.9 Å². The highest BCUT2D eigenvalue weighted by Crippen LogP contribution is 2.45. The van der Waals surface area contributed by atoms with E-state index in [4.69, 9.17) is 20.4 Å². The Bertz CT molecular complexity index is 1930. The second-order valence-electron chi connectivity index (χ2n) is 13.6. The van der Waals surface area contributed by atoms with E-state index >= 15 is 0 Å². The van der Waals surface area contributed by atoms with Crippen LogP contribution in [-0.2, 0) is 11.3 Å². The SMILES string of the molecule is COc1cc(C(=O)N2[C@H]3CC[C@@H]2[C@H](N)C3)cc2nc(-c3cc4ccc([C@@H](C)NC(=O)C5(C#N)CC5)nc4n3CC3CC3)c(C)n12. The lowest BCUT2D eigenvalue weighted by Crippen LogP contribution is -2.40. The Morgan fingerprint density at radius 3 is 2.62 bits per heavy atom. The molecule has 11 heteroatoms. The molecule has 4 atom stereocenters. The molecule has 11 nitrogen and oxygen atoms in total. The number of hydrogen-bond donors (Lipinski definition) is 2. The van der Waals surface area contributed by atoms with Crippen molar-refractivity contribution in [3.05, 3.63) is 47.3 Å². The van der Waals surface area contributed by atoms with Crippen LogP contribution in [0.3, 0.4) is 0 Å². The van der Waals surface area contributed by atoms with Crippen molar-refractivity contribution in [2.24, 2.45) is 17.1 Å². The number of nitrogens with zero attached hydrogens (tertiary/aromatic N) is 6. The number of ether oxygens (including phenoxy) is 1. The molecular formula is C34H38N8O3. The maximum Gasteiger partial charge on any atom is 0.254 e. The van der Waals surface area contributed by atoms with Gasteiger partial charge < -0.3 is 25.3 Å². The van der Waals surface area contributed by atoms with Gasteiger partial charge in [0.25, 0.3) is 5.91 Å². The predicted molar refractivity (Wildman–Crippen MR) is 167 cm³/mol. The van der Waals surface area contributed by atoms with Crippen LogP contribution in [0.1, 0.15) is 79.7 Å². The van der Waals surface area contributed by atoms with Gasteiger partial charge in [-0.05, 0) is 89.0 Å². The van der Waals surface area contributed by atoms with Gasteiger partial charge in [0.15, 0.2) is 5.88 Å². The van der Waals surface area contributed by atoms with Crippen molar-refractivity contribution in [3.63, 3.8) is 0 Å². The van der Waals surface area contributed by atoms with Crippen LogP contribution >= 0.6 is 0 Å². The Hall–Kier alpha value is -4.43. The molecule has 6 heterocycles. The van der Waals surface area contributed by atoms with Crippen molar-refractivity contribution in [3.8, 4) is 23.3 Å². The highest BCUT2D eigenvalue weighted by atomic mass is 16.5. The Morgan fingerprint density at radius 2 is 1.98 bits per heavy atom. The van der Waals surface area contributed by atoms with Crippen LogP contribution in [0, 0.1) is 29.6 Å². The monoisotopic (exact) mass is 606 g/mol. The highest BCUT2D eigenvalue weighted by molar-refractivity contribution is 5.97. The van der Waals surface area contributed by atoms with E-state index in [-0.39, 0.29) is 36.0 Å². The van der Waals surface area contributed by atoms with E-state index < -0.39 is 5.41 Å². The van der Waals surface area contributed by atoms with E-state index in [1.54, 1.807) is 7.11 Å². The summed E-state index contributed by atoms with van der Waals surface area (Å²) in [4.78, 5) is 38.7. The summed E-state index contributed by atoms with van der Waals surface area (Å²) in [6.07, 6.45) is 6.37. The molecule has 2 saturated heterocycles. The largest absolute Gasteiger partial charge is 0.482 e. The zero-order valence-electron chi connectivity index (χ0n) is 25.9. The fourth-order valence-electron chi connectivity index (χ4n) is 7.54. The van der Waals surface area contributed by atoms with Crippen molar-refractivity contribution in [1.29, 1.82) is 5.26 Å². The third-order valence-corrected chi connectivity index (χ3v) is 10.5. The normalized spacial score (nSPS) is 23.8. The second-order valence-corrected chi connectivity index (χ2v) is 13.6. The first kappa shape index (κ1) is 28.1. The summed E-state index contributed by atoms with van der Waals surface area (Å²) in [6, 6.07) is 12.0. The number of carbonyl (C=O) groups is 2. The first-order chi connectivity index (χ1) is 21.7. The number of amides is 2. The quantitative estimate of drug-likeness (QED) is 0.305. The summed E-state index contributed by atoms with van der Waals surface area (Å²) in [5.41, 5.74) is 11.0. The summed E-state index contributed by atoms with van der Waals surface area (Å²) >= 11 is 0. The molecule has 2 amide bonds. The van der Waals surface area contributed by atoms with Crippen molar-refractivity contribution < 1.29 is 14.3 Å². The third kappa shape index (κ3) is 4.41. The van der Waals surface area contributed by atoms with Crippen LogP contribution in [0.15, 0.2) is 30.3 Å². The molecule has 4 fully saturated rings. The number of methoxy groups -OCH3 is 1. The van der Waals surface area contributed by atoms with Crippen LogP contribution in [0.5, 0.6) is 5.88 Å². The summed E-state index contributed by atoms with van der Waals surface area (Å²) in [7, 11) is 1.62. The molecule has 4 aliphatic rings. The Balaban J connectivity index is 1.18. The number of pyridine rings is 2. The van der Waals surface area contributed by atoms with Gasteiger partial charge in [0.2, 0.25) is 5.91 Å². The van der Waals surface area contributed by atoms with Gasteiger partial charge in [-0.1, -0.05) is 0 Å². The van der Waals surface area contributed by atoms with E-state index in [0.717, 1.165) is 59.6 Å². The van der Waals surface area contributed by atoms with Gasteiger partial charge in [-0.15, -0.1) is 0 Å². The van der Waals surface area contributed by atoms with E-state index in [1.165, 1.54) is 12.8 Å². The standard InChI is InChI=1S/C34H38N8O3/c1-18(37-33(44)34(17-35)10-11-34)25-8-6-21-12-27(40(31(21)38-25)16-20-4-5-20)30-19(2)41-28(39-30)13-22(14-29(41)45-3)32(43)42-23-7-9-26(42)24(36)15-23/h6,8,12-14,18,20,23-24,26H,4-5,7,9-11,15-16,36H2,1-3H3,(H,37,44)/t18-,23+,24-,26-/m1/s1. The molecule has 232 valence electrons. The zero-order chi connectivity index (χ0) is 31.2.